The Bertz CT molecular complexity index is 5550. The first kappa shape index (κ1) is 114. The van der Waals surface area contributed by atoms with Crippen molar-refractivity contribution in [3.8, 4) is 18.1 Å². The number of piperidine rings is 1. The summed E-state index contributed by atoms with van der Waals surface area (Å²) in [6.45, 7) is 4.20. The van der Waals surface area contributed by atoms with Crippen molar-refractivity contribution in [1.82, 2.24) is 97.9 Å². The fourth-order valence-electron chi connectivity index (χ4n) is 18.4. The maximum Gasteiger partial charge on any atom is 0.327 e. The number of hydrogen-bond acceptors (Lipinski definition) is 25. The van der Waals surface area contributed by atoms with Gasteiger partial charge in [-0.25, -0.2) is 4.79 Å². The number of aliphatic hydroxyl groups is 1. The van der Waals surface area contributed by atoms with E-state index in [-0.39, 0.29) is 108 Å². The molecule has 3 aromatic carbocycles. The molecule has 1 unspecified atom stereocenters. The zero-order valence-electron chi connectivity index (χ0n) is 82.3. The second-order valence-corrected chi connectivity index (χ2v) is 38.3. The van der Waals surface area contributed by atoms with Crippen LogP contribution in [0.25, 0.3) is 21.8 Å². The summed E-state index contributed by atoms with van der Waals surface area (Å²) >= 11 is 0.657. The van der Waals surface area contributed by atoms with Crippen molar-refractivity contribution in [2.45, 2.75) is 266 Å². The van der Waals surface area contributed by atoms with Crippen LogP contribution >= 0.6 is 11.8 Å². The van der Waals surface area contributed by atoms with E-state index in [4.69, 9.17) is 17.9 Å². The number of aromatic nitrogens is 2. The van der Waals surface area contributed by atoms with Gasteiger partial charge in [-0.2, -0.15) is 0 Å². The van der Waals surface area contributed by atoms with Crippen molar-refractivity contribution < 1.29 is 121 Å². The highest BCUT2D eigenvalue weighted by molar-refractivity contribution is 8.00. The van der Waals surface area contributed by atoms with Crippen molar-refractivity contribution in [3.63, 3.8) is 0 Å². The molecule has 0 saturated carbocycles. The summed E-state index contributed by atoms with van der Waals surface area (Å²) in [4.78, 5) is 300. The minimum Gasteiger partial charge on any atom is -0.508 e. The Morgan fingerprint density at radius 2 is 1.12 bits per heavy atom. The Kier molecular flexibility index (Phi) is 43.4. The number of carboxylic acids is 3. The van der Waals surface area contributed by atoms with Crippen LogP contribution in [-0.2, 0) is 122 Å². The van der Waals surface area contributed by atoms with E-state index < -0.39 is 285 Å². The topological polar surface area (TPSA) is 676 Å². The van der Waals surface area contributed by atoms with E-state index in [0.717, 1.165) is 19.6 Å². The minimum atomic E-state index is -1.90. The van der Waals surface area contributed by atoms with Gasteiger partial charge in [-0.3, -0.25) is 91.1 Å². The number of phenolic OH excluding ortho intramolecular Hbond substituents is 1. The van der Waals surface area contributed by atoms with E-state index in [1.165, 1.54) is 61.1 Å². The number of hydrogen-bond donors (Lipinski definition) is 20. The van der Waals surface area contributed by atoms with E-state index in [0.29, 0.717) is 75.9 Å². The average molecular weight is 2040 g/mol. The van der Waals surface area contributed by atoms with Crippen molar-refractivity contribution in [2.24, 2.45) is 17.4 Å². The summed E-state index contributed by atoms with van der Waals surface area (Å²) in [6, 6.07) is -5.10. The van der Waals surface area contributed by atoms with Gasteiger partial charge in [0.2, 0.25) is 100 Å². The third-order valence-corrected chi connectivity index (χ3v) is 26.9. The number of thioether (sulfide) groups is 1. The van der Waals surface area contributed by atoms with E-state index in [1.807, 2.05) is 0 Å². The fraction of sp³-hybridized carbons (Fsp3) is 0.551. The zero-order chi connectivity index (χ0) is 106. The molecule has 4 fully saturated rings. The fourth-order valence-corrected chi connectivity index (χ4v) is 19.3. The first-order valence-corrected chi connectivity index (χ1v) is 49.9. The van der Waals surface area contributed by atoms with Crippen molar-refractivity contribution in [2.75, 3.05) is 71.9 Å². The Labute approximate surface area is 842 Å². The number of nitrogens with two attached hydrogens (primary N) is 2. The quantitative estimate of drug-likeness (QED) is 0.0204. The molecule has 0 aliphatic carbocycles. The normalized spacial score (nSPS) is 24.4. The summed E-state index contributed by atoms with van der Waals surface area (Å²) in [6.07, 6.45) is 4.07. The van der Waals surface area contributed by atoms with E-state index in [9.17, 15) is 73.5 Å². The van der Waals surface area contributed by atoms with Crippen LogP contribution in [0.4, 0.5) is 0 Å². The third kappa shape index (κ3) is 32.1. The number of aromatic amines is 1. The molecule has 145 heavy (non-hydrogen) atoms. The minimum absolute atomic E-state index is 0.0170. The molecule has 5 aromatic rings. The first-order chi connectivity index (χ1) is 69.1. The maximum absolute atomic E-state index is 16.0. The second-order valence-electron chi connectivity index (χ2n) is 37.3. The lowest BCUT2D eigenvalue weighted by Crippen LogP contribution is -2.62. The zero-order valence-corrected chi connectivity index (χ0v) is 83.2. The number of aromatic hydroxyl groups is 1. The molecule has 9 rings (SSSR count). The number of unbranched alkanes of at least 4 members (excludes halogenated alkanes) is 2. The molecule has 6 heterocycles. The smallest absolute Gasteiger partial charge is 0.327 e. The Hall–Kier alpha value is -14.3. The van der Waals surface area contributed by atoms with Crippen LogP contribution in [0.3, 0.4) is 0 Å². The van der Waals surface area contributed by atoms with Gasteiger partial charge in [-0.1, -0.05) is 102 Å². The van der Waals surface area contributed by atoms with Gasteiger partial charge < -0.3 is 135 Å². The maximum atomic E-state index is 16.0. The van der Waals surface area contributed by atoms with Crippen LogP contribution in [0, 0.1) is 18.3 Å². The van der Waals surface area contributed by atoms with Crippen LogP contribution in [-0.4, -0.2) is 347 Å². The summed E-state index contributed by atoms with van der Waals surface area (Å²) < 4.78 is 1.41. The summed E-state index contributed by atoms with van der Waals surface area (Å²) in [5.41, 5.74) is 14.2. The monoisotopic (exact) mass is 2040 g/mol. The molecule has 2 aromatic heterocycles. The summed E-state index contributed by atoms with van der Waals surface area (Å²) in [5.74, 6) is -20.8. The predicted octanol–water partition coefficient (Wildman–Crippen LogP) is -2.52. The Morgan fingerprint density at radius 3 is 1.77 bits per heavy atom. The third-order valence-electron chi connectivity index (χ3n) is 25.9. The number of benzene rings is 3. The highest BCUT2D eigenvalue weighted by atomic mass is 32.2. The number of fused-ring (bicyclic) bond motifs is 5. The summed E-state index contributed by atoms with van der Waals surface area (Å²) in [5, 5.41) is 84.3. The number of carbonyl (C=O) groups excluding carboxylic acids is 17. The van der Waals surface area contributed by atoms with Gasteiger partial charge in [0, 0.05) is 119 Å². The lowest BCUT2D eigenvalue weighted by molar-refractivity contribution is -0.149. The number of phenols is 1. The molecule has 4 aliphatic rings. The number of aliphatic carboxylic acids is 3. The van der Waals surface area contributed by atoms with E-state index in [2.05, 4.69) is 74.7 Å². The van der Waals surface area contributed by atoms with Crippen LogP contribution in [0.1, 0.15) is 160 Å². The second kappa shape index (κ2) is 55.0. The number of nitrogens with zero attached hydrogens (tertiary/aromatic N) is 6. The van der Waals surface area contributed by atoms with Gasteiger partial charge in [0.25, 0.3) is 0 Å². The molecular formula is C98H135N21O25S. The first-order valence-electron chi connectivity index (χ1n) is 48.7. The van der Waals surface area contributed by atoms with E-state index >= 15 is 47.9 Å². The number of likely N-dealkylation sites (N-methyl/N-ethyl adjacent to an activating group) is 3. The lowest BCUT2D eigenvalue weighted by atomic mass is 9.97. The van der Waals surface area contributed by atoms with Gasteiger partial charge >= 0.3 is 17.9 Å². The van der Waals surface area contributed by atoms with Crippen LogP contribution in [0.5, 0.6) is 5.75 Å². The molecule has 16 atom stereocenters. The number of primary amides is 1. The molecular weight excluding hydrogens is 1900 g/mol. The number of para-hydroxylation sites is 2. The van der Waals surface area contributed by atoms with Crippen molar-refractivity contribution >= 4 is 152 Å². The average Bonchev–Trinajstić information content (AvgIpc) is 1.65. The predicted molar refractivity (Wildman–Crippen MR) is 528 cm³/mol. The van der Waals surface area contributed by atoms with Gasteiger partial charge in [-0.15, -0.1) is 24.1 Å². The number of rotatable bonds is 31. The molecule has 0 radical (unpaired) electrons. The Balaban J connectivity index is 1.13. The van der Waals surface area contributed by atoms with Gasteiger partial charge in [0.1, 0.15) is 103 Å². The van der Waals surface area contributed by atoms with Gasteiger partial charge in [-0.05, 0) is 125 Å². The van der Waals surface area contributed by atoms with E-state index in [1.54, 1.807) is 82.4 Å². The lowest BCUT2D eigenvalue weighted by Gasteiger charge is -2.38. The molecule has 0 spiro atoms. The molecule has 22 N–H and O–H groups in total. The SMILES string of the molecule is C#CCC(NC(=O)CNC(=O)[C@@H]1CSCC(=O)N[C@@H](Cc2ccc(O)cc2)C(=O)N2CCCC[C@H]2C(=O)N[C@@H](CC(N)=O)C(=O)N2CCC[C@H]2C(=O)N[C@@H](CNC)C(=O)N[C@@H](CC(C)C)C(=O)N2C[C@H](O)C[C@H]2C(=O)N[C@@H](Cc2c[nH]c3ccccc23)C(=O)N[C@@H](CCN)C(=O)N[C@@H](Cc2cn(CC(=O)O)c3ccccc23)C(=O)N(C)[C@@H](CCCC)C(=O)N(C)[C@@H](CCCC)C(=O)N[C@@H](CCC(=O)O)C(=O)N1)C(=O)O. The molecule has 47 heteroatoms. The number of amides is 17. The molecule has 4 aliphatic heterocycles. The number of nitrogens with one attached hydrogen (secondary N) is 13. The van der Waals surface area contributed by atoms with Gasteiger partial charge in [0.15, 0.2) is 0 Å². The van der Waals surface area contributed by atoms with Crippen molar-refractivity contribution in [1.29, 1.82) is 0 Å². The highest BCUT2D eigenvalue weighted by Gasteiger charge is 2.48. The molecule has 788 valence electrons. The largest absolute Gasteiger partial charge is 0.508 e. The van der Waals surface area contributed by atoms with Crippen LogP contribution in [0.15, 0.2) is 85.2 Å². The van der Waals surface area contributed by atoms with Gasteiger partial charge in [0.05, 0.1) is 24.8 Å². The number of carbonyl (C=O) groups is 20. The molecule has 4 saturated heterocycles. The highest BCUT2D eigenvalue weighted by Crippen LogP contribution is 2.30. The molecule has 17 amide bonds. The summed E-state index contributed by atoms with van der Waals surface area (Å²) in [7, 11) is 3.99. The molecule has 46 nitrogen and oxygen atoms in total. The standard InChI is InChI=1S/C98H135N21O25S/c1-9-12-25-74-89(134)107-63(34-35-82(125)126)85(130)113-72(84(129)103-48-80(123)104-65(21-11-3)98(143)144)52-145-53-81(124)105-68(41-55-30-32-58(120)33-31-55)94(139)117-38-19-18-28-75(117)90(135)111-70(45-79(100)122)95(140)118-39-20-29-76(118)91(136)112-71(47-101-6)88(133)109-67(40-54(4)5)96(141)119-50-59(121)44-78(119)92(137)108-66(42-56-46-102-62-24-16-14-22-60(56)62)87(132)106-64(36-37-99)86(131)110-69(93(138)115(8)77(26-13-10-2)97(142)114(74)7)43-57-49-116(51-83(127)128)73-27-17-15-23-61(57)73/h3,14-17,22-24,27,30-33,46,49,54,59,63-72,74-78,101-102,120-121H,9-10,12-13,18-21,25-26,28-29,34-45,47-48,50-53,99H2,1-2,4-8H3,(H2,100,122)(H,103,129)(H,104,123)(H,105,124)(H,106,132)(H,107,134)(H,108,137)(H,109,133)(H,110,131)(H,111,135)(H,112,136)(H,113,130)(H,125,126)(H,127,128)(H,143,144)/t59-,63+,64+,65?,66+,67+,68+,69+,70+,71+,72+,74+,75+,76+,77+,78+/m1/s1. The molecule has 0 bridgehead atoms. The number of carboxylic acid groups (broad SMARTS) is 3. The number of aliphatic hydroxyl groups excluding tert-OH is 1. The van der Waals surface area contributed by atoms with Crippen molar-refractivity contribution in [3.05, 3.63) is 102 Å². The van der Waals surface area contributed by atoms with Crippen LogP contribution < -0.4 is 75.3 Å². The Morgan fingerprint density at radius 1 is 0.572 bits per heavy atom. The van der Waals surface area contributed by atoms with Crippen LogP contribution in [0.2, 0.25) is 0 Å². The number of H-pyrrole nitrogens is 1. The number of terminal acetylenes is 1.